The van der Waals surface area contributed by atoms with E-state index in [9.17, 15) is 4.39 Å². The van der Waals surface area contributed by atoms with Crippen LogP contribution in [-0.2, 0) is 13.1 Å². The number of hydrogen-bond acceptors (Lipinski definition) is 4. The third-order valence-electron chi connectivity index (χ3n) is 4.17. The van der Waals surface area contributed by atoms with Crippen LogP contribution in [-0.4, -0.2) is 33.8 Å². The maximum atomic E-state index is 13.4. The van der Waals surface area contributed by atoms with E-state index >= 15 is 0 Å². The highest BCUT2D eigenvalue weighted by Gasteiger charge is 2.14. The van der Waals surface area contributed by atoms with Gasteiger partial charge in [-0.2, -0.15) is 0 Å². The van der Waals surface area contributed by atoms with Gasteiger partial charge in [-0.05, 0) is 48.7 Å². The van der Waals surface area contributed by atoms with Gasteiger partial charge in [-0.3, -0.25) is 4.99 Å². The lowest BCUT2D eigenvalue weighted by Crippen LogP contribution is -2.36. The molecule has 0 bridgehead atoms. The zero-order valence-corrected chi connectivity index (χ0v) is 19.8. The van der Waals surface area contributed by atoms with Crippen LogP contribution >= 0.6 is 24.0 Å². The van der Waals surface area contributed by atoms with Crippen molar-refractivity contribution in [2.24, 2.45) is 4.99 Å². The minimum Gasteiger partial charge on any atom is -0.493 e. The molecule has 0 radical (unpaired) electrons. The highest BCUT2D eigenvalue weighted by atomic mass is 127. The molecule has 2 aromatic rings. The predicted molar refractivity (Wildman–Crippen MR) is 124 cm³/mol. The van der Waals surface area contributed by atoms with Crippen molar-refractivity contribution in [3.8, 4) is 17.2 Å². The van der Waals surface area contributed by atoms with E-state index in [1.165, 1.54) is 6.07 Å². The second kappa shape index (κ2) is 12.4. The van der Waals surface area contributed by atoms with Gasteiger partial charge in [-0.15, -0.1) is 24.0 Å². The monoisotopic (exact) mass is 517 g/mol. The molecule has 0 aliphatic carbocycles. The summed E-state index contributed by atoms with van der Waals surface area (Å²) in [5, 5.41) is 6.47. The number of halogens is 2. The van der Waals surface area contributed by atoms with Crippen LogP contribution in [0.15, 0.2) is 35.3 Å². The molecule has 0 aliphatic heterocycles. The van der Waals surface area contributed by atoms with Gasteiger partial charge in [0.05, 0.1) is 20.8 Å². The Labute approximate surface area is 188 Å². The lowest BCUT2D eigenvalue weighted by molar-refractivity contribution is 0.288. The van der Waals surface area contributed by atoms with Crippen LogP contribution in [0.1, 0.15) is 23.6 Å². The Balaban J connectivity index is 0.00000420. The Morgan fingerprint density at radius 1 is 1.00 bits per heavy atom. The van der Waals surface area contributed by atoms with Crippen LogP contribution < -0.4 is 24.8 Å². The first-order valence-electron chi connectivity index (χ1n) is 9.09. The summed E-state index contributed by atoms with van der Waals surface area (Å²) in [5.41, 5.74) is 2.56. The van der Waals surface area contributed by atoms with Gasteiger partial charge < -0.3 is 24.8 Å². The zero-order chi connectivity index (χ0) is 20.5. The average molecular weight is 517 g/mol. The summed E-state index contributed by atoms with van der Waals surface area (Å²) in [6.45, 7) is 5.23. The molecule has 0 spiro atoms. The third kappa shape index (κ3) is 6.95. The van der Waals surface area contributed by atoms with Gasteiger partial charge in [0.25, 0.3) is 0 Å². The largest absolute Gasteiger partial charge is 0.493 e. The van der Waals surface area contributed by atoms with Crippen molar-refractivity contribution in [1.82, 2.24) is 10.6 Å². The molecule has 0 amide bonds. The molecule has 8 heteroatoms. The molecular weight excluding hydrogens is 488 g/mol. The van der Waals surface area contributed by atoms with E-state index < -0.39 is 0 Å². The van der Waals surface area contributed by atoms with Gasteiger partial charge in [-0.25, -0.2) is 4.39 Å². The molecule has 0 aromatic heterocycles. The summed E-state index contributed by atoms with van der Waals surface area (Å²) < 4.78 is 29.9. The highest BCUT2D eigenvalue weighted by molar-refractivity contribution is 14.0. The van der Waals surface area contributed by atoms with E-state index in [2.05, 4.69) is 15.6 Å². The molecule has 2 N–H and O–H groups in total. The van der Waals surface area contributed by atoms with Gasteiger partial charge in [0.15, 0.2) is 17.5 Å². The molecule has 0 aliphatic rings. The molecule has 6 nitrogen and oxygen atoms in total. The smallest absolute Gasteiger partial charge is 0.203 e. The average Bonchev–Trinajstić information content (AvgIpc) is 2.71. The molecule has 0 fully saturated rings. The van der Waals surface area contributed by atoms with Crippen LogP contribution in [0.3, 0.4) is 0 Å². The molecule has 0 atom stereocenters. The van der Waals surface area contributed by atoms with Crippen molar-refractivity contribution in [3.63, 3.8) is 0 Å². The van der Waals surface area contributed by atoms with Gasteiger partial charge in [-0.1, -0.05) is 12.1 Å². The topological polar surface area (TPSA) is 64.1 Å². The fourth-order valence-corrected chi connectivity index (χ4v) is 2.73. The number of rotatable bonds is 8. The third-order valence-corrected chi connectivity index (χ3v) is 4.17. The Bertz CT molecular complexity index is 806. The van der Waals surface area contributed by atoms with Crippen LogP contribution in [0.25, 0.3) is 0 Å². The number of aryl methyl sites for hydroxylation is 1. The summed E-state index contributed by atoms with van der Waals surface area (Å²) >= 11 is 0. The molecule has 0 saturated carbocycles. The van der Waals surface area contributed by atoms with Crippen molar-refractivity contribution >= 4 is 29.9 Å². The number of hydrogen-bond donors (Lipinski definition) is 2. The molecule has 2 aromatic carbocycles. The second-order valence-electron chi connectivity index (χ2n) is 6.13. The van der Waals surface area contributed by atoms with Crippen molar-refractivity contribution in [2.45, 2.75) is 26.9 Å². The molecule has 0 heterocycles. The number of ether oxygens (including phenoxy) is 3. The lowest BCUT2D eigenvalue weighted by Gasteiger charge is -2.17. The van der Waals surface area contributed by atoms with Crippen LogP contribution in [0, 0.1) is 12.7 Å². The summed E-state index contributed by atoms with van der Waals surface area (Å²) in [4.78, 5) is 4.22. The molecule has 2 rings (SSSR count). The number of methoxy groups -OCH3 is 2. The van der Waals surface area contributed by atoms with Crippen LogP contribution in [0.5, 0.6) is 17.2 Å². The number of nitrogens with zero attached hydrogens (tertiary/aromatic N) is 1. The molecule has 29 heavy (non-hydrogen) atoms. The summed E-state index contributed by atoms with van der Waals surface area (Å²) in [7, 11) is 4.89. The van der Waals surface area contributed by atoms with Crippen molar-refractivity contribution in [2.75, 3.05) is 27.9 Å². The molecule has 0 unspecified atom stereocenters. The first-order chi connectivity index (χ1) is 13.5. The van der Waals surface area contributed by atoms with Crippen molar-refractivity contribution < 1.29 is 18.6 Å². The van der Waals surface area contributed by atoms with Crippen molar-refractivity contribution in [3.05, 3.63) is 52.8 Å². The maximum absolute atomic E-state index is 13.4. The van der Waals surface area contributed by atoms with E-state index in [4.69, 9.17) is 14.2 Å². The number of benzene rings is 2. The SMILES string of the molecule is CCOc1c(OC)cc(CNC(=NC)NCc2ccc(F)c(C)c2)cc1OC.I. The van der Waals surface area contributed by atoms with E-state index in [0.717, 1.165) is 11.1 Å². The Morgan fingerprint density at radius 3 is 2.07 bits per heavy atom. The van der Waals surface area contributed by atoms with Gasteiger partial charge in [0.1, 0.15) is 5.82 Å². The van der Waals surface area contributed by atoms with Crippen molar-refractivity contribution in [1.29, 1.82) is 0 Å². The molecule has 0 saturated heterocycles. The standard InChI is InChI=1S/C21H28FN3O3.HI/c1-6-28-20-18(26-4)10-16(11-19(20)27-5)13-25-21(23-3)24-12-15-7-8-17(22)14(2)9-15;/h7-11H,6,12-13H2,1-5H3,(H2,23,24,25);1H. The number of nitrogens with one attached hydrogen (secondary N) is 2. The second-order valence-corrected chi connectivity index (χ2v) is 6.13. The minimum atomic E-state index is -0.204. The van der Waals surface area contributed by atoms with E-state index in [1.54, 1.807) is 34.3 Å². The minimum absolute atomic E-state index is 0. The Hall–Kier alpha value is -2.23. The normalized spacial score (nSPS) is 10.8. The summed E-state index contributed by atoms with van der Waals surface area (Å²) in [5.74, 6) is 2.24. The van der Waals surface area contributed by atoms with Gasteiger partial charge in [0, 0.05) is 20.1 Å². The fraction of sp³-hybridized carbons (Fsp3) is 0.381. The quantitative estimate of drug-likeness (QED) is 0.315. The van der Waals surface area contributed by atoms with E-state index in [1.807, 2.05) is 25.1 Å². The van der Waals surface area contributed by atoms with Gasteiger partial charge >= 0.3 is 0 Å². The fourth-order valence-electron chi connectivity index (χ4n) is 2.73. The Kier molecular flexibility index (Phi) is 10.6. The predicted octanol–water partition coefficient (Wildman–Crippen LogP) is 4.03. The highest BCUT2D eigenvalue weighted by Crippen LogP contribution is 2.38. The summed E-state index contributed by atoms with van der Waals surface area (Å²) in [6, 6.07) is 8.85. The van der Waals surface area contributed by atoms with Gasteiger partial charge in [0.2, 0.25) is 5.75 Å². The van der Waals surface area contributed by atoms with Crippen LogP contribution in [0.4, 0.5) is 4.39 Å². The molecular formula is C21H29FIN3O3. The Morgan fingerprint density at radius 2 is 1.59 bits per heavy atom. The maximum Gasteiger partial charge on any atom is 0.203 e. The first-order valence-corrected chi connectivity index (χ1v) is 9.09. The summed E-state index contributed by atoms with van der Waals surface area (Å²) in [6.07, 6.45) is 0. The lowest BCUT2D eigenvalue weighted by atomic mass is 10.1. The molecule has 160 valence electrons. The van der Waals surface area contributed by atoms with E-state index in [-0.39, 0.29) is 29.8 Å². The van der Waals surface area contributed by atoms with Crippen LogP contribution in [0.2, 0.25) is 0 Å². The number of aliphatic imine (C=N–C) groups is 1. The number of guanidine groups is 1. The first kappa shape index (κ1) is 24.8. The zero-order valence-electron chi connectivity index (χ0n) is 17.5. The van der Waals surface area contributed by atoms with E-state index in [0.29, 0.717) is 48.5 Å².